The Morgan fingerprint density at radius 3 is 2.76 bits per heavy atom. The monoisotopic (exact) mass is 347 g/mol. The van der Waals surface area contributed by atoms with E-state index >= 15 is 0 Å². The molecule has 1 fully saturated rings. The van der Waals surface area contributed by atoms with Crippen LogP contribution in [0.15, 0.2) is 29.3 Å². The van der Waals surface area contributed by atoms with Gasteiger partial charge in [0.05, 0.1) is 19.3 Å². The maximum absolute atomic E-state index is 11.5. The maximum Gasteiger partial charge on any atom is 0.337 e. The minimum absolute atomic E-state index is 0.309. The van der Waals surface area contributed by atoms with E-state index in [1.807, 2.05) is 12.1 Å². The van der Waals surface area contributed by atoms with Crippen molar-refractivity contribution in [2.24, 2.45) is 10.9 Å². The minimum Gasteiger partial charge on any atom is -0.465 e. The van der Waals surface area contributed by atoms with Gasteiger partial charge in [-0.3, -0.25) is 4.99 Å². The summed E-state index contributed by atoms with van der Waals surface area (Å²) in [6, 6.07) is 7.49. The van der Waals surface area contributed by atoms with Gasteiger partial charge in [0.25, 0.3) is 0 Å². The second-order valence-electron chi connectivity index (χ2n) is 6.28. The Labute approximate surface area is 150 Å². The van der Waals surface area contributed by atoms with Crippen molar-refractivity contribution >= 4 is 11.9 Å². The van der Waals surface area contributed by atoms with Gasteiger partial charge in [-0.1, -0.05) is 12.1 Å². The Morgan fingerprint density at radius 1 is 1.40 bits per heavy atom. The molecule has 1 N–H and O–H groups in total. The first-order valence-electron chi connectivity index (χ1n) is 8.88. The van der Waals surface area contributed by atoms with Gasteiger partial charge in [0.15, 0.2) is 5.96 Å². The number of methoxy groups -OCH3 is 1. The van der Waals surface area contributed by atoms with Crippen molar-refractivity contribution in [3.05, 3.63) is 35.4 Å². The Bertz CT molecular complexity index is 566. The Balaban J connectivity index is 1.88. The number of benzene rings is 1. The Hall–Kier alpha value is -2.08. The molecule has 138 valence electrons. The third kappa shape index (κ3) is 6.05. The molecule has 1 aliphatic heterocycles. The van der Waals surface area contributed by atoms with Gasteiger partial charge in [0, 0.05) is 39.2 Å². The number of carbonyl (C=O) groups excluding carboxylic acids is 1. The number of aliphatic imine (C=N–C) groups is 1. The summed E-state index contributed by atoms with van der Waals surface area (Å²) in [6.45, 7) is 6.29. The first-order chi connectivity index (χ1) is 12.1. The van der Waals surface area contributed by atoms with Gasteiger partial charge in [-0.25, -0.2) is 4.79 Å². The predicted octanol–water partition coefficient (Wildman–Crippen LogP) is 1.95. The number of nitrogens with one attached hydrogen (secondary N) is 1. The maximum atomic E-state index is 11.5. The smallest absolute Gasteiger partial charge is 0.337 e. The van der Waals surface area contributed by atoms with Gasteiger partial charge in [0.2, 0.25) is 0 Å². The van der Waals surface area contributed by atoms with E-state index in [-0.39, 0.29) is 5.97 Å². The van der Waals surface area contributed by atoms with Crippen LogP contribution in [0.3, 0.4) is 0 Å². The molecule has 1 aromatic rings. The van der Waals surface area contributed by atoms with Crippen LogP contribution in [0.4, 0.5) is 0 Å². The van der Waals surface area contributed by atoms with Crippen molar-refractivity contribution in [3.8, 4) is 0 Å². The van der Waals surface area contributed by atoms with Gasteiger partial charge in [0.1, 0.15) is 0 Å². The lowest BCUT2D eigenvalue weighted by atomic mass is 10.1. The zero-order chi connectivity index (χ0) is 18.1. The van der Waals surface area contributed by atoms with Crippen LogP contribution >= 0.6 is 0 Å². The second kappa shape index (κ2) is 10.0. The summed E-state index contributed by atoms with van der Waals surface area (Å²) >= 11 is 0. The van der Waals surface area contributed by atoms with E-state index < -0.39 is 0 Å². The zero-order valence-electron chi connectivity index (χ0n) is 15.5. The summed E-state index contributed by atoms with van der Waals surface area (Å²) in [5.41, 5.74) is 1.72. The van der Waals surface area contributed by atoms with Crippen LogP contribution in [-0.4, -0.2) is 63.8 Å². The zero-order valence-corrected chi connectivity index (χ0v) is 15.5. The fourth-order valence-electron chi connectivity index (χ4n) is 2.89. The highest BCUT2D eigenvalue weighted by Crippen LogP contribution is 2.13. The molecule has 6 heteroatoms. The molecule has 2 rings (SSSR count). The number of hydrogen-bond donors (Lipinski definition) is 1. The standard InChI is InChI=1S/C19H29N3O3/c1-4-20-19(22(2)13-16-10-12-25-14-16)21-11-9-15-5-7-17(8-6-15)18(23)24-3/h5-8,16H,4,9-14H2,1-3H3,(H,20,21). The van der Waals surface area contributed by atoms with Gasteiger partial charge in [-0.05, 0) is 37.5 Å². The van der Waals surface area contributed by atoms with E-state index in [0.29, 0.717) is 18.0 Å². The van der Waals surface area contributed by atoms with Crippen LogP contribution in [0.25, 0.3) is 0 Å². The lowest BCUT2D eigenvalue weighted by molar-refractivity contribution is 0.0600. The fraction of sp³-hybridized carbons (Fsp3) is 0.579. The highest BCUT2D eigenvalue weighted by molar-refractivity contribution is 5.89. The summed E-state index contributed by atoms with van der Waals surface area (Å²) < 4.78 is 10.2. The largest absolute Gasteiger partial charge is 0.465 e. The first-order valence-corrected chi connectivity index (χ1v) is 8.88. The molecular weight excluding hydrogens is 318 g/mol. The summed E-state index contributed by atoms with van der Waals surface area (Å²) in [5, 5.41) is 3.35. The number of guanidine groups is 1. The van der Waals surface area contributed by atoms with E-state index in [0.717, 1.165) is 50.7 Å². The third-order valence-electron chi connectivity index (χ3n) is 4.29. The summed E-state index contributed by atoms with van der Waals surface area (Å²) in [4.78, 5) is 18.4. The van der Waals surface area contributed by atoms with Crippen molar-refractivity contribution < 1.29 is 14.3 Å². The Morgan fingerprint density at radius 2 is 2.16 bits per heavy atom. The highest BCUT2D eigenvalue weighted by Gasteiger charge is 2.18. The number of esters is 1. The quantitative estimate of drug-likeness (QED) is 0.464. The van der Waals surface area contributed by atoms with Crippen molar-refractivity contribution in [2.75, 3.05) is 47.0 Å². The molecule has 6 nitrogen and oxygen atoms in total. The van der Waals surface area contributed by atoms with Crippen LogP contribution in [0.2, 0.25) is 0 Å². The molecule has 0 aliphatic carbocycles. The first kappa shape index (κ1) is 19.2. The lowest BCUT2D eigenvalue weighted by Crippen LogP contribution is -2.41. The molecule has 0 bridgehead atoms. The average molecular weight is 347 g/mol. The number of carbonyl (C=O) groups is 1. The van der Waals surface area contributed by atoms with Crippen LogP contribution in [-0.2, 0) is 15.9 Å². The third-order valence-corrected chi connectivity index (χ3v) is 4.29. The molecule has 0 spiro atoms. The molecule has 1 heterocycles. The second-order valence-corrected chi connectivity index (χ2v) is 6.28. The molecule has 1 saturated heterocycles. The van der Waals surface area contributed by atoms with Crippen molar-refractivity contribution in [1.29, 1.82) is 0 Å². The normalized spacial score (nSPS) is 17.4. The minimum atomic E-state index is -0.309. The molecule has 0 radical (unpaired) electrons. The van der Waals surface area contributed by atoms with Crippen molar-refractivity contribution in [3.63, 3.8) is 0 Å². The number of ether oxygens (including phenoxy) is 2. The van der Waals surface area contributed by atoms with Gasteiger partial charge >= 0.3 is 5.97 Å². The average Bonchev–Trinajstić information content (AvgIpc) is 3.13. The van der Waals surface area contributed by atoms with Gasteiger partial charge in [-0.15, -0.1) is 0 Å². The van der Waals surface area contributed by atoms with E-state index in [9.17, 15) is 4.79 Å². The van der Waals surface area contributed by atoms with Crippen molar-refractivity contribution in [2.45, 2.75) is 19.8 Å². The van der Waals surface area contributed by atoms with Crippen LogP contribution in [0, 0.1) is 5.92 Å². The molecule has 1 atom stereocenters. The van der Waals surface area contributed by atoms with Gasteiger partial charge in [-0.2, -0.15) is 0 Å². The van der Waals surface area contributed by atoms with Crippen LogP contribution in [0.1, 0.15) is 29.3 Å². The summed E-state index contributed by atoms with van der Waals surface area (Å²) in [5.74, 6) is 1.21. The molecule has 0 aromatic heterocycles. The fourth-order valence-corrected chi connectivity index (χ4v) is 2.89. The van der Waals surface area contributed by atoms with Gasteiger partial charge < -0.3 is 19.7 Å². The SMILES string of the molecule is CCNC(=NCCc1ccc(C(=O)OC)cc1)N(C)CC1CCOC1. The lowest BCUT2D eigenvalue weighted by Gasteiger charge is -2.24. The molecule has 0 saturated carbocycles. The molecule has 25 heavy (non-hydrogen) atoms. The molecular formula is C19H29N3O3. The Kier molecular flexibility index (Phi) is 7.73. The number of rotatable bonds is 7. The topological polar surface area (TPSA) is 63.2 Å². The van der Waals surface area contributed by atoms with Crippen LogP contribution < -0.4 is 5.32 Å². The van der Waals surface area contributed by atoms with E-state index in [2.05, 4.69) is 24.2 Å². The number of hydrogen-bond acceptors (Lipinski definition) is 4. The molecule has 1 unspecified atom stereocenters. The summed E-state index contributed by atoms with van der Waals surface area (Å²) in [7, 11) is 3.46. The van der Waals surface area contributed by atoms with Crippen molar-refractivity contribution in [1.82, 2.24) is 10.2 Å². The van der Waals surface area contributed by atoms with E-state index in [1.54, 1.807) is 12.1 Å². The van der Waals surface area contributed by atoms with E-state index in [4.69, 9.17) is 14.5 Å². The summed E-state index contributed by atoms with van der Waals surface area (Å²) in [6.07, 6.45) is 1.95. The van der Waals surface area contributed by atoms with E-state index in [1.165, 1.54) is 7.11 Å². The molecule has 1 aliphatic rings. The molecule has 0 amide bonds. The number of nitrogens with zero attached hydrogens (tertiary/aromatic N) is 2. The predicted molar refractivity (Wildman–Crippen MR) is 99.0 cm³/mol. The molecule has 1 aromatic carbocycles. The van der Waals surface area contributed by atoms with Crippen LogP contribution in [0.5, 0.6) is 0 Å². The highest BCUT2D eigenvalue weighted by atomic mass is 16.5.